The molecule has 0 atom stereocenters. The Morgan fingerprint density at radius 1 is 1.04 bits per heavy atom. The van der Waals surface area contributed by atoms with E-state index < -0.39 is 0 Å². The van der Waals surface area contributed by atoms with Crippen LogP contribution in [0.1, 0.15) is 24.0 Å². The Labute approximate surface area is 143 Å². The summed E-state index contributed by atoms with van der Waals surface area (Å²) in [6, 6.07) is 14.2. The molecule has 1 aliphatic heterocycles. The van der Waals surface area contributed by atoms with Gasteiger partial charge < -0.3 is 15.5 Å². The van der Waals surface area contributed by atoms with Crippen LogP contribution in [0.5, 0.6) is 0 Å². The zero-order chi connectivity index (χ0) is 16.9. The highest BCUT2D eigenvalue weighted by Gasteiger charge is 2.12. The molecule has 24 heavy (non-hydrogen) atoms. The zero-order valence-corrected chi connectivity index (χ0v) is 14.4. The Morgan fingerprint density at radius 3 is 2.46 bits per heavy atom. The Balaban J connectivity index is 1.54. The van der Waals surface area contributed by atoms with Crippen molar-refractivity contribution >= 4 is 23.0 Å². The largest absolute Gasteiger partial charge is 0.376 e. The second-order valence-corrected chi connectivity index (χ2v) is 6.39. The highest BCUT2D eigenvalue weighted by molar-refractivity contribution is 5.94. The number of hydrogen-bond acceptors (Lipinski definition) is 3. The maximum absolute atomic E-state index is 12.1. The molecule has 4 heteroatoms. The molecule has 0 aromatic heterocycles. The highest BCUT2D eigenvalue weighted by Crippen LogP contribution is 2.22. The lowest BCUT2D eigenvalue weighted by atomic mass is 10.1. The number of benzene rings is 2. The Kier molecular flexibility index (Phi) is 5.04. The third-order valence-electron chi connectivity index (χ3n) is 4.67. The molecule has 0 saturated carbocycles. The first kappa shape index (κ1) is 16.4. The van der Waals surface area contributed by atoms with Crippen LogP contribution in [0, 0.1) is 13.8 Å². The van der Waals surface area contributed by atoms with Gasteiger partial charge in [-0.15, -0.1) is 0 Å². The third kappa shape index (κ3) is 3.88. The van der Waals surface area contributed by atoms with Crippen LogP contribution in [0.15, 0.2) is 42.5 Å². The number of carbonyl (C=O) groups is 1. The van der Waals surface area contributed by atoms with E-state index in [-0.39, 0.29) is 12.5 Å². The van der Waals surface area contributed by atoms with Gasteiger partial charge in [-0.1, -0.05) is 12.1 Å². The fraction of sp³-hybridized carbons (Fsp3) is 0.350. The van der Waals surface area contributed by atoms with Crippen LogP contribution in [-0.2, 0) is 4.79 Å². The van der Waals surface area contributed by atoms with Gasteiger partial charge in [0.15, 0.2) is 0 Å². The van der Waals surface area contributed by atoms with E-state index in [0.717, 1.165) is 24.5 Å². The number of nitrogens with one attached hydrogen (secondary N) is 2. The minimum Gasteiger partial charge on any atom is -0.376 e. The lowest BCUT2D eigenvalue weighted by molar-refractivity contribution is -0.114. The van der Waals surface area contributed by atoms with Crippen LogP contribution in [0.3, 0.4) is 0 Å². The number of anilines is 3. The third-order valence-corrected chi connectivity index (χ3v) is 4.67. The molecule has 0 spiro atoms. The van der Waals surface area contributed by atoms with Gasteiger partial charge in [0.2, 0.25) is 5.91 Å². The SMILES string of the molecule is Cc1cccc(NCC(=O)Nc2ccc(N3CCCC3)cc2)c1C. The van der Waals surface area contributed by atoms with Crippen LogP contribution in [0.2, 0.25) is 0 Å². The lowest BCUT2D eigenvalue weighted by Crippen LogP contribution is -2.22. The molecular formula is C20H25N3O. The van der Waals surface area contributed by atoms with Crippen LogP contribution >= 0.6 is 0 Å². The molecule has 0 unspecified atom stereocenters. The van der Waals surface area contributed by atoms with Gasteiger partial charge >= 0.3 is 0 Å². The molecule has 126 valence electrons. The summed E-state index contributed by atoms with van der Waals surface area (Å²) in [4.78, 5) is 14.5. The summed E-state index contributed by atoms with van der Waals surface area (Å²) in [5.41, 5.74) is 5.48. The lowest BCUT2D eigenvalue weighted by Gasteiger charge is -2.18. The van der Waals surface area contributed by atoms with Gasteiger partial charge in [0.1, 0.15) is 0 Å². The molecule has 1 saturated heterocycles. The molecule has 2 aromatic rings. The Hall–Kier alpha value is -2.49. The Morgan fingerprint density at radius 2 is 1.75 bits per heavy atom. The first-order valence-electron chi connectivity index (χ1n) is 8.58. The molecule has 2 aromatic carbocycles. The van der Waals surface area contributed by atoms with E-state index in [4.69, 9.17) is 0 Å². The van der Waals surface area contributed by atoms with Gasteiger partial charge in [-0.2, -0.15) is 0 Å². The molecule has 1 amide bonds. The van der Waals surface area contributed by atoms with Gasteiger partial charge in [-0.05, 0) is 68.1 Å². The van der Waals surface area contributed by atoms with Gasteiger partial charge in [0.25, 0.3) is 0 Å². The minimum atomic E-state index is -0.0372. The maximum atomic E-state index is 12.1. The smallest absolute Gasteiger partial charge is 0.243 e. The van der Waals surface area contributed by atoms with Crippen molar-refractivity contribution in [3.63, 3.8) is 0 Å². The van der Waals surface area contributed by atoms with E-state index in [0.29, 0.717) is 0 Å². The summed E-state index contributed by atoms with van der Waals surface area (Å²) in [5, 5.41) is 6.15. The molecule has 0 aliphatic carbocycles. The fourth-order valence-corrected chi connectivity index (χ4v) is 3.05. The first-order chi connectivity index (χ1) is 11.6. The fourth-order valence-electron chi connectivity index (χ4n) is 3.05. The van der Waals surface area contributed by atoms with Crippen molar-refractivity contribution in [2.75, 3.05) is 35.2 Å². The van der Waals surface area contributed by atoms with Gasteiger partial charge in [0, 0.05) is 30.2 Å². The number of carbonyl (C=O) groups excluding carboxylic acids is 1. The minimum absolute atomic E-state index is 0.0372. The van der Waals surface area contributed by atoms with Gasteiger partial charge in [-0.3, -0.25) is 4.79 Å². The molecule has 1 fully saturated rings. The van der Waals surface area contributed by atoms with Crippen molar-refractivity contribution in [1.29, 1.82) is 0 Å². The van der Waals surface area contributed by atoms with Crippen LogP contribution in [0.25, 0.3) is 0 Å². The van der Waals surface area contributed by atoms with E-state index in [2.05, 4.69) is 47.6 Å². The molecular weight excluding hydrogens is 298 g/mol. The van der Waals surface area contributed by atoms with Crippen molar-refractivity contribution in [1.82, 2.24) is 0 Å². The van der Waals surface area contributed by atoms with Crippen molar-refractivity contribution in [2.45, 2.75) is 26.7 Å². The number of hydrogen-bond donors (Lipinski definition) is 2. The predicted octanol–water partition coefficient (Wildman–Crippen LogP) is 3.95. The zero-order valence-electron chi connectivity index (χ0n) is 14.4. The molecule has 4 nitrogen and oxygen atoms in total. The summed E-state index contributed by atoms with van der Waals surface area (Å²) in [6.45, 7) is 6.66. The molecule has 0 bridgehead atoms. The number of amides is 1. The molecule has 1 aliphatic rings. The first-order valence-corrected chi connectivity index (χ1v) is 8.58. The molecule has 2 N–H and O–H groups in total. The summed E-state index contributed by atoms with van der Waals surface area (Å²) in [5.74, 6) is -0.0372. The molecule has 0 radical (unpaired) electrons. The standard InChI is InChI=1S/C20H25N3O/c1-15-6-5-7-19(16(15)2)21-14-20(24)22-17-8-10-18(11-9-17)23-12-3-4-13-23/h5-11,21H,3-4,12-14H2,1-2H3,(H,22,24). The number of rotatable bonds is 5. The van der Waals surface area contributed by atoms with Crippen LogP contribution < -0.4 is 15.5 Å². The predicted molar refractivity (Wildman–Crippen MR) is 101 cm³/mol. The van der Waals surface area contributed by atoms with Crippen molar-refractivity contribution < 1.29 is 4.79 Å². The topological polar surface area (TPSA) is 44.4 Å². The Bertz CT molecular complexity index is 703. The van der Waals surface area contributed by atoms with E-state index in [1.807, 2.05) is 24.3 Å². The summed E-state index contributed by atoms with van der Waals surface area (Å²) >= 11 is 0. The van der Waals surface area contributed by atoms with Gasteiger partial charge in [-0.25, -0.2) is 0 Å². The maximum Gasteiger partial charge on any atom is 0.243 e. The average molecular weight is 323 g/mol. The van der Waals surface area contributed by atoms with E-state index in [1.165, 1.54) is 29.7 Å². The molecule has 3 rings (SSSR count). The summed E-state index contributed by atoms with van der Waals surface area (Å²) < 4.78 is 0. The normalized spacial score (nSPS) is 13.8. The summed E-state index contributed by atoms with van der Waals surface area (Å²) in [6.07, 6.45) is 2.53. The summed E-state index contributed by atoms with van der Waals surface area (Å²) in [7, 11) is 0. The van der Waals surface area contributed by atoms with E-state index in [1.54, 1.807) is 0 Å². The van der Waals surface area contributed by atoms with E-state index in [9.17, 15) is 4.79 Å². The van der Waals surface area contributed by atoms with Crippen molar-refractivity contribution in [3.8, 4) is 0 Å². The van der Waals surface area contributed by atoms with Crippen molar-refractivity contribution in [2.24, 2.45) is 0 Å². The quantitative estimate of drug-likeness (QED) is 0.875. The average Bonchev–Trinajstić information content (AvgIpc) is 3.11. The van der Waals surface area contributed by atoms with Gasteiger partial charge in [0.05, 0.1) is 6.54 Å². The van der Waals surface area contributed by atoms with Crippen LogP contribution in [0.4, 0.5) is 17.1 Å². The molecule has 1 heterocycles. The highest BCUT2D eigenvalue weighted by atomic mass is 16.1. The number of nitrogens with zero attached hydrogens (tertiary/aromatic N) is 1. The van der Waals surface area contributed by atoms with Crippen LogP contribution in [-0.4, -0.2) is 25.5 Å². The monoisotopic (exact) mass is 323 g/mol. The number of aryl methyl sites for hydroxylation is 1. The van der Waals surface area contributed by atoms with Crippen molar-refractivity contribution in [3.05, 3.63) is 53.6 Å². The van der Waals surface area contributed by atoms with E-state index >= 15 is 0 Å². The second-order valence-electron chi connectivity index (χ2n) is 6.39. The second kappa shape index (κ2) is 7.39.